The van der Waals surface area contributed by atoms with Gasteiger partial charge in [-0.3, -0.25) is 9.36 Å². The first kappa shape index (κ1) is 23.2. The lowest BCUT2D eigenvalue weighted by Gasteiger charge is -2.33. The van der Waals surface area contributed by atoms with E-state index in [1.807, 2.05) is 71.3 Å². The number of nitrogens with one attached hydrogen (secondary N) is 1. The first-order valence-corrected chi connectivity index (χ1v) is 12.4. The molecule has 0 bridgehead atoms. The smallest absolute Gasteiger partial charge is 0.251 e. The van der Waals surface area contributed by atoms with Crippen molar-refractivity contribution < 1.29 is 4.79 Å². The van der Waals surface area contributed by atoms with Gasteiger partial charge in [-0.1, -0.05) is 37.3 Å². The maximum atomic E-state index is 12.7. The number of carbonyl (C=O) groups excluding carboxylic acids is 1. The number of piperazine rings is 1. The Morgan fingerprint density at radius 2 is 1.66 bits per heavy atom. The van der Waals surface area contributed by atoms with Crippen molar-refractivity contribution >= 4 is 17.1 Å². The highest BCUT2D eigenvalue weighted by molar-refractivity contribution is 5.94. The zero-order valence-corrected chi connectivity index (χ0v) is 20.2. The van der Waals surface area contributed by atoms with Crippen molar-refractivity contribution in [2.24, 2.45) is 0 Å². The summed E-state index contributed by atoms with van der Waals surface area (Å²) in [7, 11) is 0. The number of hydrogen-bond donors (Lipinski definition) is 1. The molecule has 1 N–H and O–H groups in total. The van der Waals surface area contributed by atoms with Crippen LogP contribution in [0.4, 0.5) is 0 Å². The summed E-state index contributed by atoms with van der Waals surface area (Å²) < 4.78 is 2.05. The van der Waals surface area contributed by atoms with Crippen LogP contribution in [0.2, 0.25) is 0 Å². The fourth-order valence-corrected chi connectivity index (χ4v) is 4.64. The maximum absolute atomic E-state index is 12.7. The van der Waals surface area contributed by atoms with E-state index in [0.717, 1.165) is 73.9 Å². The van der Waals surface area contributed by atoms with Crippen LogP contribution in [0.15, 0.2) is 72.9 Å². The van der Waals surface area contributed by atoms with E-state index in [1.165, 1.54) is 0 Å². The van der Waals surface area contributed by atoms with Gasteiger partial charge in [0.2, 0.25) is 0 Å². The quantitative estimate of drug-likeness (QED) is 0.398. The Labute approximate surface area is 206 Å². The van der Waals surface area contributed by atoms with E-state index in [-0.39, 0.29) is 5.91 Å². The molecule has 0 spiro atoms. The first-order valence-electron chi connectivity index (χ1n) is 12.4. The molecule has 0 radical (unpaired) electrons. The molecule has 7 heteroatoms. The minimum absolute atomic E-state index is 0.0377. The number of fused-ring (bicyclic) bond motifs is 1. The van der Waals surface area contributed by atoms with E-state index in [9.17, 15) is 4.79 Å². The molecule has 2 aromatic heterocycles. The molecule has 5 rings (SSSR count). The Bertz CT molecular complexity index is 1260. The lowest BCUT2D eigenvalue weighted by atomic mass is 10.1. The number of hydrogen-bond acceptors (Lipinski definition) is 5. The molecule has 0 aliphatic carbocycles. The van der Waals surface area contributed by atoms with Crippen molar-refractivity contribution in [3.05, 3.63) is 78.5 Å². The number of aromatic nitrogens is 3. The molecular formula is C28H32N6O. The van der Waals surface area contributed by atoms with Gasteiger partial charge < -0.3 is 15.1 Å². The fourth-order valence-electron chi connectivity index (χ4n) is 4.64. The summed E-state index contributed by atoms with van der Waals surface area (Å²) in [6, 6.07) is 21.6. The second kappa shape index (κ2) is 10.8. The number of pyridine rings is 1. The van der Waals surface area contributed by atoms with Gasteiger partial charge in [-0.15, -0.1) is 0 Å². The highest BCUT2D eigenvalue weighted by Gasteiger charge is 2.16. The van der Waals surface area contributed by atoms with Crippen molar-refractivity contribution in [3.8, 4) is 17.1 Å². The van der Waals surface area contributed by atoms with Crippen molar-refractivity contribution in [2.45, 2.75) is 13.3 Å². The molecule has 0 atom stereocenters. The SMILES string of the molecule is CCN1CCN(CCCNC(=O)c2ccc(-n3c(-c4ccccc4)nc4cccnc43)cc2)CC1. The van der Waals surface area contributed by atoms with Gasteiger partial charge in [0, 0.05) is 55.7 Å². The fraction of sp³-hybridized carbons (Fsp3) is 0.321. The third-order valence-electron chi connectivity index (χ3n) is 6.68. The van der Waals surface area contributed by atoms with Gasteiger partial charge in [0.05, 0.1) is 0 Å². The summed E-state index contributed by atoms with van der Waals surface area (Å²) in [6.07, 6.45) is 2.74. The van der Waals surface area contributed by atoms with E-state index in [2.05, 4.69) is 27.0 Å². The minimum Gasteiger partial charge on any atom is -0.352 e. The Balaban J connectivity index is 1.24. The predicted molar refractivity (Wildman–Crippen MR) is 140 cm³/mol. The molecule has 3 heterocycles. The molecule has 2 aromatic carbocycles. The second-order valence-electron chi connectivity index (χ2n) is 8.92. The molecule has 0 saturated carbocycles. The molecule has 4 aromatic rings. The van der Waals surface area contributed by atoms with Crippen molar-refractivity contribution in [1.82, 2.24) is 29.7 Å². The highest BCUT2D eigenvalue weighted by atomic mass is 16.1. The molecule has 35 heavy (non-hydrogen) atoms. The van der Waals surface area contributed by atoms with Gasteiger partial charge >= 0.3 is 0 Å². The van der Waals surface area contributed by atoms with Crippen molar-refractivity contribution in [3.63, 3.8) is 0 Å². The summed E-state index contributed by atoms with van der Waals surface area (Å²) >= 11 is 0. The zero-order valence-electron chi connectivity index (χ0n) is 20.2. The molecule has 180 valence electrons. The van der Waals surface area contributed by atoms with Gasteiger partial charge in [0.15, 0.2) is 5.65 Å². The van der Waals surface area contributed by atoms with Crippen LogP contribution in [-0.2, 0) is 0 Å². The molecule has 1 amide bonds. The number of amides is 1. The topological polar surface area (TPSA) is 66.3 Å². The molecule has 1 fully saturated rings. The largest absolute Gasteiger partial charge is 0.352 e. The zero-order chi connectivity index (χ0) is 24.0. The summed E-state index contributed by atoms with van der Waals surface area (Å²) in [5.41, 5.74) is 4.23. The average Bonchev–Trinajstić information content (AvgIpc) is 3.31. The predicted octanol–water partition coefficient (Wildman–Crippen LogP) is 3.84. The summed E-state index contributed by atoms with van der Waals surface area (Å²) in [4.78, 5) is 27.1. The standard InChI is InChI=1S/C28H32N6O/c1-2-32-18-20-33(21-19-32)17-7-16-30-28(35)23-11-13-24(14-12-23)34-26(22-8-4-3-5-9-22)31-25-10-6-15-29-27(25)34/h3-6,8-15H,2,7,16-21H2,1H3,(H,30,35). The van der Waals surface area contributed by atoms with Crippen LogP contribution in [0.25, 0.3) is 28.2 Å². The number of imidazole rings is 1. The van der Waals surface area contributed by atoms with Crippen LogP contribution < -0.4 is 5.32 Å². The van der Waals surface area contributed by atoms with Crippen molar-refractivity contribution in [2.75, 3.05) is 45.8 Å². The van der Waals surface area contributed by atoms with E-state index >= 15 is 0 Å². The van der Waals surface area contributed by atoms with Crippen molar-refractivity contribution in [1.29, 1.82) is 0 Å². The van der Waals surface area contributed by atoms with Gasteiger partial charge in [0.25, 0.3) is 5.91 Å². The van der Waals surface area contributed by atoms with Crippen LogP contribution in [0.3, 0.4) is 0 Å². The monoisotopic (exact) mass is 468 g/mol. The van der Waals surface area contributed by atoms with Crippen LogP contribution >= 0.6 is 0 Å². The Hall–Kier alpha value is -3.55. The van der Waals surface area contributed by atoms with Gasteiger partial charge in [-0.05, 0) is 55.9 Å². The number of nitrogens with zero attached hydrogens (tertiary/aromatic N) is 5. The number of rotatable bonds is 8. The van der Waals surface area contributed by atoms with E-state index in [1.54, 1.807) is 6.20 Å². The Kier molecular flexibility index (Phi) is 7.16. The van der Waals surface area contributed by atoms with Gasteiger partial charge in [-0.2, -0.15) is 0 Å². The van der Waals surface area contributed by atoms with Crippen LogP contribution in [0.1, 0.15) is 23.7 Å². The summed E-state index contributed by atoms with van der Waals surface area (Å²) in [5.74, 6) is 0.792. The first-order chi connectivity index (χ1) is 17.2. The average molecular weight is 469 g/mol. The van der Waals surface area contributed by atoms with E-state index < -0.39 is 0 Å². The normalized spacial score (nSPS) is 14.9. The van der Waals surface area contributed by atoms with Crippen LogP contribution in [-0.4, -0.2) is 76.1 Å². The molecule has 1 aliphatic heterocycles. The summed E-state index contributed by atoms with van der Waals surface area (Å²) in [5, 5.41) is 3.07. The molecule has 7 nitrogen and oxygen atoms in total. The van der Waals surface area contributed by atoms with E-state index in [4.69, 9.17) is 4.98 Å². The maximum Gasteiger partial charge on any atom is 0.251 e. The third kappa shape index (κ3) is 5.26. The number of carbonyl (C=O) groups is 1. The van der Waals surface area contributed by atoms with Gasteiger partial charge in [0.1, 0.15) is 11.3 Å². The third-order valence-corrected chi connectivity index (χ3v) is 6.68. The van der Waals surface area contributed by atoms with Crippen LogP contribution in [0, 0.1) is 0 Å². The van der Waals surface area contributed by atoms with Gasteiger partial charge in [-0.25, -0.2) is 9.97 Å². The molecular weight excluding hydrogens is 436 g/mol. The molecule has 1 saturated heterocycles. The Morgan fingerprint density at radius 3 is 2.40 bits per heavy atom. The minimum atomic E-state index is -0.0377. The number of benzene rings is 2. The van der Waals surface area contributed by atoms with E-state index in [0.29, 0.717) is 12.1 Å². The molecule has 1 aliphatic rings. The lowest BCUT2D eigenvalue weighted by Crippen LogP contribution is -2.46. The number of likely N-dealkylation sites (N-methyl/N-ethyl adjacent to an activating group) is 1. The Morgan fingerprint density at radius 1 is 0.914 bits per heavy atom. The second-order valence-corrected chi connectivity index (χ2v) is 8.92. The molecule has 0 unspecified atom stereocenters. The van der Waals surface area contributed by atoms with Crippen LogP contribution in [0.5, 0.6) is 0 Å². The summed E-state index contributed by atoms with van der Waals surface area (Å²) in [6.45, 7) is 9.57. The lowest BCUT2D eigenvalue weighted by molar-refractivity contribution is 0.0948. The highest BCUT2D eigenvalue weighted by Crippen LogP contribution is 2.27.